The van der Waals surface area contributed by atoms with Gasteiger partial charge in [-0.2, -0.15) is 0 Å². The summed E-state index contributed by atoms with van der Waals surface area (Å²) in [5.74, 6) is -0.397. The second kappa shape index (κ2) is 13.5. The van der Waals surface area contributed by atoms with Crippen LogP contribution in [0.25, 0.3) is 11.1 Å². The van der Waals surface area contributed by atoms with E-state index in [-0.39, 0.29) is 23.5 Å². The van der Waals surface area contributed by atoms with E-state index < -0.39 is 43.2 Å². The number of hydrogen-bond acceptors (Lipinski definition) is 8. The summed E-state index contributed by atoms with van der Waals surface area (Å²) in [6.45, 7) is -0.506. The Balaban J connectivity index is 1.23. The number of aromatic hydroxyl groups is 1. The number of aliphatic hydroxyl groups excluding tert-OH is 5. The summed E-state index contributed by atoms with van der Waals surface area (Å²) in [6, 6.07) is 27.8. The fraction of sp³-hybridized carbons (Fsp3) is 0.306. The van der Waals surface area contributed by atoms with Crippen molar-refractivity contribution in [1.82, 2.24) is 0 Å². The van der Waals surface area contributed by atoms with E-state index in [1.165, 1.54) is 12.1 Å². The molecule has 0 aliphatic carbocycles. The molecule has 46 heavy (non-hydrogen) atoms. The summed E-state index contributed by atoms with van der Waals surface area (Å²) in [5.41, 5.74) is 4.33. The topological polar surface area (TPSA) is 134 Å². The van der Waals surface area contributed by atoms with E-state index in [0.717, 1.165) is 21.8 Å². The quantitative estimate of drug-likeness (QED) is 0.143. The van der Waals surface area contributed by atoms with Gasteiger partial charge in [0.15, 0.2) is 0 Å². The number of nitrogens with zero attached hydrogens (tertiary/aromatic N) is 1. The molecule has 2 fully saturated rings. The number of thiocarbonyl (C=S) groups is 1. The van der Waals surface area contributed by atoms with Crippen LogP contribution < -0.4 is 4.90 Å². The third-order valence-electron chi connectivity index (χ3n) is 9.07. The highest BCUT2D eigenvalue weighted by molar-refractivity contribution is 7.80. The molecular formula is C36H36FNO7S. The van der Waals surface area contributed by atoms with Gasteiger partial charge >= 0.3 is 0 Å². The van der Waals surface area contributed by atoms with Gasteiger partial charge in [0.25, 0.3) is 0 Å². The Bertz CT molecular complexity index is 1650. The molecule has 0 radical (unpaired) electrons. The van der Waals surface area contributed by atoms with Crippen LogP contribution in [0.5, 0.6) is 5.75 Å². The number of hydrogen-bond donors (Lipinski definition) is 6. The van der Waals surface area contributed by atoms with Gasteiger partial charge in [0.1, 0.15) is 42.1 Å². The van der Waals surface area contributed by atoms with E-state index in [2.05, 4.69) is 0 Å². The molecule has 240 valence electrons. The molecule has 2 saturated heterocycles. The zero-order valence-electron chi connectivity index (χ0n) is 24.8. The van der Waals surface area contributed by atoms with E-state index in [1.807, 2.05) is 47.4 Å². The smallest absolute Gasteiger partial charge is 0.123 e. The number of phenolic OH excluding ortho intramolecular Hbond substituents is 1. The molecule has 0 amide bonds. The molecule has 2 aliphatic rings. The molecule has 8 nitrogen and oxygen atoms in total. The summed E-state index contributed by atoms with van der Waals surface area (Å²) in [7, 11) is 0. The number of para-hydroxylation sites is 1. The van der Waals surface area contributed by atoms with Crippen molar-refractivity contribution < 1.29 is 39.8 Å². The maximum Gasteiger partial charge on any atom is 0.123 e. The number of halogens is 1. The fourth-order valence-corrected chi connectivity index (χ4v) is 6.93. The number of ether oxygens (including phenoxy) is 1. The standard InChI is InChI=1S/C36H36FNO7S/c37-24-13-10-21(11-14-24)28(40)17-16-27-31(38(36(27)46)25-4-2-1-3-5-25)26-15-12-23(18-29(26)41)20-6-8-22(9-7-20)35-34(44)33(43)32(42)30(19-39)45-35/h1-15,18,27-28,30-35,39-44H,16-17,19H2/t27-,28?,30-,31-,32-,33+,34-,35+/m1/s1. The second-order valence-corrected chi connectivity index (χ2v) is 12.3. The maximum atomic E-state index is 13.4. The minimum absolute atomic E-state index is 0.0908. The van der Waals surface area contributed by atoms with E-state index in [0.29, 0.717) is 29.5 Å². The lowest BCUT2D eigenvalue weighted by Crippen LogP contribution is -2.55. The van der Waals surface area contributed by atoms with Crippen LogP contribution in [0.2, 0.25) is 0 Å². The van der Waals surface area contributed by atoms with Crippen molar-refractivity contribution >= 4 is 22.9 Å². The number of rotatable bonds is 9. The Labute approximate surface area is 271 Å². The lowest BCUT2D eigenvalue weighted by atomic mass is 9.78. The van der Waals surface area contributed by atoms with Crippen molar-refractivity contribution in [3.05, 3.63) is 120 Å². The molecular weight excluding hydrogens is 609 g/mol. The number of aliphatic hydroxyl groups is 5. The Morgan fingerprint density at radius 2 is 1.50 bits per heavy atom. The lowest BCUT2D eigenvalue weighted by molar-refractivity contribution is -0.231. The highest BCUT2D eigenvalue weighted by atomic mass is 32.1. The molecule has 0 aromatic heterocycles. The van der Waals surface area contributed by atoms with Crippen molar-refractivity contribution in [3.63, 3.8) is 0 Å². The lowest BCUT2D eigenvalue weighted by Gasteiger charge is -2.50. The predicted molar refractivity (Wildman–Crippen MR) is 175 cm³/mol. The normalized spacial score (nSPS) is 26.9. The van der Waals surface area contributed by atoms with E-state index in [1.54, 1.807) is 42.5 Å². The monoisotopic (exact) mass is 645 g/mol. The maximum absolute atomic E-state index is 13.4. The molecule has 6 N–H and O–H groups in total. The molecule has 10 heteroatoms. The van der Waals surface area contributed by atoms with Gasteiger partial charge in [0.2, 0.25) is 0 Å². The first kappa shape index (κ1) is 32.2. The molecule has 4 aromatic rings. The van der Waals surface area contributed by atoms with Crippen molar-refractivity contribution in [2.75, 3.05) is 11.5 Å². The number of anilines is 1. The van der Waals surface area contributed by atoms with E-state index in [9.17, 15) is 35.0 Å². The summed E-state index contributed by atoms with van der Waals surface area (Å²) < 4.78 is 19.1. The number of phenols is 1. The van der Waals surface area contributed by atoms with Crippen molar-refractivity contribution in [2.45, 2.75) is 55.5 Å². The molecule has 2 aliphatic heterocycles. The van der Waals surface area contributed by atoms with Gasteiger partial charge in [-0.25, -0.2) is 4.39 Å². The molecule has 0 bridgehead atoms. The summed E-state index contributed by atoms with van der Waals surface area (Å²) >= 11 is 5.86. The first-order chi connectivity index (χ1) is 22.2. The van der Waals surface area contributed by atoms with E-state index >= 15 is 0 Å². The van der Waals surface area contributed by atoms with Crippen molar-refractivity contribution in [3.8, 4) is 16.9 Å². The zero-order chi connectivity index (χ0) is 32.5. The van der Waals surface area contributed by atoms with Crippen molar-refractivity contribution in [1.29, 1.82) is 0 Å². The second-order valence-electron chi connectivity index (χ2n) is 11.9. The van der Waals surface area contributed by atoms with Gasteiger partial charge in [-0.1, -0.05) is 78.9 Å². The van der Waals surface area contributed by atoms with Gasteiger partial charge in [-0.3, -0.25) is 0 Å². The minimum Gasteiger partial charge on any atom is -0.508 e. The first-order valence-electron chi connectivity index (χ1n) is 15.2. The average molecular weight is 646 g/mol. The SMILES string of the molecule is OC[C@H]1O[C@@H](c2ccc(-c3ccc([C@@H]4[C@@H](CCC(O)c5ccc(F)cc5)C(=S)N4c4ccccc4)c(O)c3)cc2)[C@H](O)[C@@H](O)[C@@H]1O. The van der Waals surface area contributed by atoms with Crippen LogP contribution in [-0.2, 0) is 4.74 Å². The van der Waals surface area contributed by atoms with Crippen LogP contribution in [0.1, 0.15) is 47.8 Å². The largest absolute Gasteiger partial charge is 0.508 e. The molecule has 2 heterocycles. The van der Waals surface area contributed by atoms with Crippen LogP contribution in [0.15, 0.2) is 97.1 Å². The summed E-state index contributed by atoms with van der Waals surface area (Å²) in [6.07, 6.45) is -6.03. The van der Waals surface area contributed by atoms with Gasteiger partial charge < -0.3 is 40.3 Å². The Morgan fingerprint density at radius 3 is 2.15 bits per heavy atom. The Kier molecular flexibility index (Phi) is 9.49. The van der Waals surface area contributed by atoms with Crippen LogP contribution in [0.3, 0.4) is 0 Å². The third-order valence-corrected chi connectivity index (χ3v) is 9.57. The van der Waals surface area contributed by atoms with Gasteiger partial charge in [0, 0.05) is 17.2 Å². The van der Waals surface area contributed by atoms with Gasteiger partial charge in [0.05, 0.1) is 23.7 Å². The van der Waals surface area contributed by atoms with Crippen LogP contribution >= 0.6 is 12.2 Å². The fourth-order valence-electron chi connectivity index (χ4n) is 6.47. The van der Waals surface area contributed by atoms with Crippen LogP contribution in [-0.4, -0.2) is 66.7 Å². The van der Waals surface area contributed by atoms with Crippen LogP contribution in [0, 0.1) is 11.7 Å². The summed E-state index contributed by atoms with van der Waals surface area (Å²) in [5, 5.41) is 62.5. The molecule has 6 rings (SSSR count). The molecule has 0 spiro atoms. The molecule has 0 saturated carbocycles. The highest BCUT2D eigenvalue weighted by Gasteiger charge is 2.46. The first-order valence-corrected chi connectivity index (χ1v) is 15.6. The van der Waals surface area contributed by atoms with Gasteiger partial charge in [-0.05, 0) is 65.4 Å². The van der Waals surface area contributed by atoms with E-state index in [4.69, 9.17) is 17.0 Å². The Morgan fingerprint density at radius 1 is 0.826 bits per heavy atom. The highest BCUT2D eigenvalue weighted by Crippen LogP contribution is 2.49. The summed E-state index contributed by atoms with van der Waals surface area (Å²) in [4.78, 5) is 2.74. The molecule has 1 unspecified atom stereocenters. The van der Waals surface area contributed by atoms with Crippen molar-refractivity contribution in [2.24, 2.45) is 5.92 Å². The molecule has 4 aromatic carbocycles. The third kappa shape index (κ3) is 6.17. The predicted octanol–water partition coefficient (Wildman–Crippen LogP) is 4.73. The number of benzene rings is 4. The molecule has 8 atom stereocenters. The zero-order valence-corrected chi connectivity index (χ0v) is 25.6. The minimum atomic E-state index is -1.47. The van der Waals surface area contributed by atoms with Gasteiger partial charge in [-0.15, -0.1) is 0 Å². The Hall–Kier alpha value is -3.74. The average Bonchev–Trinajstić information content (AvgIpc) is 3.07. The van der Waals surface area contributed by atoms with Crippen LogP contribution in [0.4, 0.5) is 10.1 Å².